The maximum Gasteiger partial charge on any atom is 0.268 e. The molecule has 5 rings (SSSR count). The number of nitrogens with zero attached hydrogens (tertiary/aromatic N) is 2. The van der Waals surface area contributed by atoms with Crippen molar-refractivity contribution in [1.82, 2.24) is 15.2 Å². The summed E-state index contributed by atoms with van der Waals surface area (Å²) in [6.07, 6.45) is 7.65. The molecule has 1 amide bonds. The number of H-pyrrole nitrogens is 1. The van der Waals surface area contributed by atoms with Gasteiger partial charge in [-0.25, -0.2) is 0 Å². The molecule has 0 saturated heterocycles. The second-order valence-corrected chi connectivity index (χ2v) is 9.84. The van der Waals surface area contributed by atoms with E-state index in [4.69, 9.17) is 0 Å². The first-order valence-corrected chi connectivity index (χ1v) is 12.2. The molecule has 5 heteroatoms. The van der Waals surface area contributed by atoms with Gasteiger partial charge in [-0.3, -0.25) is 9.69 Å². The van der Waals surface area contributed by atoms with Crippen LogP contribution in [-0.4, -0.2) is 34.4 Å². The van der Waals surface area contributed by atoms with Crippen molar-refractivity contribution in [2.75, 3.05) is 13.1 Å². The summed E-state index contributed by atoms with van der Waals surface area (Å²) in [7, 11) is 0. The van der Waals surface area contributed by atoms with Crippen LogP contribution in [0.5, 0.6) is 0 Å². The average molecular weight is 441 g/mol. The molecule has 170 valence electrons. The largest absolute Gasteiger partial charge is 0.350 e. The van der Waals surface area contributed by atoms with E-state index in [1.54, 1.807) is 0 Å². The lowest BCUT2D eigenvalue weighted by atomic mass is 9.78. The van der Waals surface area contributed by atoms with Crippen LogP contribution in [-0.2, 0) is 13.0 Å². The molecule has 0 atom stereocenters. The van der Waals surface area contributed by atoms with Gasteiger partial charge in [-0.1, -0.05) is 43.5 Å². The van der Waals surface area contributed by atoms with Gasteiger partial charge >= 0.3 is 0 Å². The molecule has 33 heavy (non-hydrogen) atoms. The second-order valence-electron chi connectivity index (χ2n) is 9.84. The van der Waals surface area contributed by atoms with Crippen molar-refractivity contribution in [3.8, 4) is 6.07 Å². The third kappa shape index (κ3) is 4.41. The fraction of sp³-hybridized carbons (Fsp3) is 0.429. The number of aromatic nitrogens is 1. The number of nitriles is 1. The Kier molecular flexibility index (Phi) is 5.95. The van der Waals surface area contributed by atoms with Crippen LogP contribution in [0.4, 0.5) is 0 Å². The molecule has 1 aliphatic heterocycles. The number of benzene rings is 2. The highest BCUT2D eigenvalue weighted by molar-refractivity contribution is 6.01. The number of rotatable bonds is 5. The molecule has 1 aromatic heterocycles. The predicted octanol–water partition coefficient (Wildman–Crippen LogP) is 5.23. The van der Waals surface area contributed by atoms with Crippen molar-refractivity contribution < 1.29 is 4.79 Å². The Bertz CT molecular complexity index is 1210. The molecule has 0 spiro atoms. The number of amides is 1. The summed E-state index contributed by atoms with van der Waals surface area (Å²) in [4.78, 5) is 19.2. The number of para-hydroxylation sites is 1. The topological polar surface area (TPSA) is 71.9 Å². The fourth-order valence-electron chi connectivity index (χ4n) is 5.73. The fourth-order valence-corrected chi connectivity index (χ4v) is 5.73. The van der Waals surface area contributed by atoms with E-state index >= 15 is 0 Å². The molecular weight excluding hydrogens is 408 g/mol. The van der Waals surface area contributed by atoms with Gasteiger partial charge in [0.1, 0.15) is 5.69 Å². The molecule has 3 aromatic rings. The third-order valence-corrected chi connectivity index (χ3v) is 7.72. The predicted molar refractivity (Wildman–Crippen MR) is 131 cm³/mol. The van der Waals surface area contributed by atoms with Crippen LogP contribution in [0.15, 0.2) is 42.5 Å². The van der Waals surface area contributed by atoms with Crippen LogP contribution < -0.4 is 5.32 Å². The van der Waals surface area contributed by atoms with Crippen LogP contribution in [0, 0.1) is 18.3 Å². The second kappa shape index (κ2) is 9.03. The Morgan fingerprint density at radius 1 is 1.15 bits per heavy atom. The monoisotopic (exact) mass is 440 g/mol. The molecule has 1 aliphatic carbocycles. The zero-order chi connectivity index (χ0) is 22.8. The van der Waals surface area contributed by atoms with E-state index in [1.165, 1.54) is 30.4 Å². The van der Waals surface area contributed by atoms with Gasteiger partial charge in [0.2, 0.25) is 0 Å². The maximum atomic E-state index is 13.4. The lowest BCUT2D eigenvalue weighted by Crippen LogP contribution is -2.52. The minimum Gasteiger partial charge on any atom is -0.350 e. The highest BCUT2D eigenvalue weighted by Crippen LogP contribution is 2.33. The van der Waals surface area contributed by atoms with Crippen molar-refractivity contribution in [1.29, 1.82) is 5.26 Å². The summed E-state index contributed by atoms with van der Waals surface area (Å²) >= 11 is 0. The quantitative estimate of drug-likeness (QED) is 0.571. The van der Waals surface area contributed by atoms with Crippen LogP contribution >= 0.6 is 0 Å². The number of carbonyl (C=O) groups excluding carboxylic acids is 1. The number of fused-ring (bicyclic) bond motifs is 2. The molecule has 2 aliphatic rings. The van der Waals surface area contributed by atoms with Crippen molar-refractivity contribution in [2.24, 2.45) is 0 Å². The van der Waals surface area contributed by atoms with Gasteiger partial charge in [0, 0.05) is 36.1 Å². The zero-order valence-electron chi connectivity index (χ0n) is 19.4. The van der Waals surface area contributed by atoms with Crippen molar-refractivity contribution in [3.05, 3.63) is 70.4 Å². The standard InChI is InChI=1S/C28H32N4O/c1-20-24-7-3-4-8-25(24)30-26(20)27(33)31-28(12-5-2-6-13-28)14-16-32-15-11-22-10-9-21(18-29)17-23(22)19-32/h3-4,7-10,17,30H,2,5-6,11-16,19H2,1H3,(H,31,33). The van der Waals surface area contributed by atoms with Crippen molar-refractivity contribution in [3.63, 3.8) is 0 Å². The van der Waals surface area contributed by atoms with Gasteiger partial charge in [-0.15, -0.1) is 0 Å². The molecule has 2 heterocycles. The number of hydrogen-bond donors (Lipinski definition) is 2. The van der Waals surface area contributed by atoms with Crippen LogP contribution in [0.1, 0.15) is 71.3 Å². The summed E-state index contributed by atoms with van der Waals surface area (Å²) in [5.74, 6) is 0.0215. The molecule has 2 N–H and O–H groups in total. The van der Waals surface area contributed by atoms with E-state index in [0.717, 1.165) is 67.3 Å². The molecule has 5 nitrogen and oxygen atoms in total. The van der Waals surface area contributed by atoms with Gasteiger partial charge < -0.3 is 10.3 Å². The van der Waals surface area contributed by atoms with E-state index in [0.29, 0.717) is 5.69 Å². The molecule has 2 aromatic carbocycles. The summed E-state index contributed by atoms with van der Waals surface area (Å²) < 4.78 is 0. The highest BCUT2D eigenvalue weighted by atomic mass is 16.2. The van der Waals surface area contributed by atoms with E-state index in [1.807, 2.05) is 37.3 Å². The Balaban J connectivity index is 1.30. The zero-order valence-corrected chi connectivity index (χ0v) is 19.4. The molecule has 1 saturated carbocycles. The minimum atomic E-state index is -0.145. The number of aryl methyl sites for hydroxylation is 1. The Hall–Kier alpha value is -3.10. The molecule has 0 unspecified atom stereocenters. The minimum absolute atomic E-state index is 0.0215. The lowest BCUT2D eigenvalue weighted by molar-refractivity contribution is 0.0835. The lowest BCUT2D eigenvalue weighted by Gasteiger charge is -2.40. The SMILES string of the molecule is Cc1c(C(=O)NC2(CCN3CCc4ccc(C#N)cc4C3)CCCCC2)[nH]c2ccccc12. The van der Waals surface area contributed by atoms with E-state index in [9.17, 15) is 10.1 Å². The van der Waals surface area contributed by atoms with Crippen LogP contribution in [0.3, 0.4) is 0 Å². The first-order valence-electron chi connectivity index (χ1n) is 12.2. The average Bonchev–Trinajstić information content (AvgIpc) is 3.19. The number of carbonyl (C=O) groups is 1. The van der Waals surface area contributed by atoms with Crippen molar-refractivity contribution in [2.45, 2.75) is 64.0 Å². The Morgan fingerprint density at radius 2 is 1.97 bits per heavy atom. The van der Waals surface area contributed by atoms with Gasteiger partial charge in [-0.05, 0) is 67.5 Å². The number of nitrogens with one attached hydrogen (secondary N) is 2. The Labute approximate surface area is 195 Å². The highest BCUT2D eigenvalue weighted by Gasteiger charge is 2.35. The van der Waals surface area contributed by atoms with Gasteiger partial charge in [-0.2, -0.15) is 5.26 Å². The summed E-state index contributed by atoms with van der Waals surface area (Å²) in [5, 5.41) is 13.9. The van der Waals surface area contributed by atoms with Gasteiger partial charge in [0.05, 0.1) is 11.6 Å². The van der Waals surface area contributed by atoms with E-state index in [-0.39, 0.29) is 11.4 Å². The van der Waals surface area contributed by atoms with Crippen LogP contribution in [0.2, 0.25) is 0 Å². The first kappa shape index (κ1) is 21.7. The number of hydrogen-bond acceptors (Lipinski definition) is 3. The summed E-state index contributed by atoms with van der Waals surface area (Å²) in [6.45, 7) is 4.91. The van der Waals surface area contributed by atoms with E-state index < -0.39 is 0 Å². The van der Waals surface area contributed by atoms with Gasteiger partial charge in [0.25, 0.3) is 5.91 Å². The molecule has 0 radical (unpaired) electrons. The van der Waals surface area contributed by atoms with E-state index in [2.05, 4.69) is 33.4 Å². The van der Waals surface area contributed by atoms with Crippen molar-refractivity contribution >= 4 is 16.8 Å². The smallest absolute Gasteiger partial charge is 0.268 e. The normalized spacial score (nSPS) is 17.9. The van der Waals surface area contributed by atoms with Crippen LogP contribution in [0.25, 0.3) is 10.9 Å². The van der Waals surface area contributed by atoms with Gasteiger partial charge in [0.15, 0.2) is 0 Å². The number of aromatic amines is 1. The molecular formula is C28H32N4O. The molecule has 0 bridgehead atoms. The summed E-state index contributed by atoms with van der Waals surface area (Å²) in [5.41, 5.74) is 5.96. The Morgan fingerprint density at radius 3 is 2.76 bits per heavy atom. The maximum absolute atomic E-state index is 13.4. The first-order chi connectivity index (χ1) is 16.1. The summed E-state index contributed by atoms with van der Waals surface area (Å²) in [6, 6.07) is 16.5. The third-order valence-electron chi connectivity index (χ3n) is 7.72. The molecule has 1 fully saturated rings.